The number of anilines is 1. The molecule has 1 heterocycles. The summed E-state index contributed by atoms with van der Waals surface area (Å²) in [5.74, 6) is 0.400. The molecule has 6 nitrogen and oxygen atoms in total. The van der Waals surface area contributed by atoms with Gasteiger partial charge in [0.25, 0.3) is 0 Å². The van der Waals surface area contributed by atoms with E-state index in [2.05, 4.69) is 9.88 Å². The van der Waals surface area contributed by atoms with Gasteiger partial charge in [-0.25, -0.2) is 12.8 Å². The summed E-state index contributed by atoms with van der Waals surface area (Å²) in [6.45, 7) is 1.60. The summed E-state index contributed by atoms with van der Waals surface area (Å²) in [5, 5.41) is 3.53. The number of sulfonamides is 1. The Balaban J connectivity index is 1.84. The van der Waals surface area contributed by atoms with Gasteiger partial charge in [-0.1, -0.05) is 5.16 Å². The Hall–Kier alpha value is -2.09. The van der Waals surface area contributed by atoms with Crippen LogP contribution in [0.25, 0.3) is 0 Å². The highest BCUT2D eigenvalue weighted by atomic mass is 32.2. The molecule has 108 valence electrons. The fraction of sp³-hybridized carbons (Fsp3) is 0.250. The van der Waals surface area contributed by atoms with Crippen molar-refractivity contribution in [2.45, 2.75) is 6.92 Å². The summed E-state index contributed by atoms with van der Waals surface area (Å²) < 4.78 is 48.3. The standard InChI is InChI=1S/C12H13FN2O4S/c1-9-8-12(14-19-9)15-20(16,17)7-6-18-11-4-2-10(13)3-5-11/h2-5,8H,6-7H2,1H3,(H,14,15). The van der Waals surface area contributed by atoms with Gasteiger partial charge in [0.2, 0.25) is 10.0 Å². The molecule has 8 heteroatoms. The SMILES string of the molecule is Cc1cc(NS(=O)(=O)CCOc2ccc(F)cc2)no1. The zero-order chi connectivity index (χ0) is 14.6. The molecule has 1 aromatic heterocycles. The second kappa shape index (κ2) is 5.91. The number of hydrogen-bond donors (Lipinski definition) is 1. The van der Waals surface area contributed by atoms with E-state index in [1.807, 2.05) is 0 Å². The maximum atomic E-state index is 12.7. The predicted octanol–water partition coefficient (Wildman–Crippen LogP) is 1.94. The van der Waals surface area contributed by atoms with Gasteiger partial charge < -0.3 is 9.26 Å². The maximum Gasteiger partial charge on any atom is 0.237 e. The smallest absolute Gasteiger partial charge is 0.237 e. The van der Waals surface area contributed by atoms with Crippen molar-refractivity contribution in [2.24, 2.45) is 0 Å². The van der Waals surface area contributed by atoms with Crippen LogP contribution in [0.1, 0.15) is 5.76 Å². The zero-order valence-electron chi connectivity index (χ0n) is 10.7. The molecule has 2 aromatic rings. The quantitative estimate of drug-likeness (QED) is 0.881. The molecule has 0 aliphatic heterocycles. The Bertz CT molecular complexity index is 667. The molecule has 0 radical (unpaired) electrons. The molecule has 0 aliphatic rings. The van der Waals surface area contributed by atoms with E-state index in [-0.39, 0.29) is 24.0 Å². The first-order valence-corrected chi connectivity index (χ1v) is 7.42. The van der Waals surface area contributed by atoms with Crippen LogP contribution in [0.4, 0.5) is 10.2 Å². The molecule has 0 aliphatic carbocycles. The Kier molecular flexibility index (Phi) is 4.23. The summed E-state index contributed by atoms with van der Waals surface area (Å²) in [7, 11) is -3.57. The Morgan fingerprint density at radius 1 is 1.35 bits per heavy atom. The average molecular weight is 300 g/mol. The molecule has 0 amide bonds. The van der Waals surface area contributed by atoms with Crippen LogP contribution >= 0.6 is 0 Å². The second-order valence-electron chi connectivity index (χ2n) is 4.05. The summed E-state index contributed by atoms with van der Waals surface area (Å²) in [5.41, 5.74) is 0. The van der Waals surface area contributed by atoms with Crippen molar-refractivity contribution in [1.82, 2.24) is 5.16 Å². The molecule has 0 unspecified atom stereocenters. The third-order valence-electron chi connectivity index (χ3n) is 2.32. The summed E-state index contributed by atoms with van der Waals surface area (Å²) in [6, 6.07) is 6.80. The van der Waals surface area contributed by atoms with Crippen LogP contribution in [0.3, 0.4) is 0 Å². The first kappa shape index (κ1) is 14.3. The van der Waals surface area contributed by atoms with Crippen molar-refractivity contribution < 1.29 is 22.1 Å². The third-order valence-corrected chi connectivity index (χ3v) is 3.55. The summed E-state index contributed by atoms with van der Waals surface area (Å²) in [4.78, 5) is 0. The van der Waals surface area contributed by atoms with Crippen LogP contribution in [0.2, 0.25) is 0 Å². The van der Waals surface area contributed by atoms with Gasteiger partial charge >= 0.3 is 0 Å². The van der Waals surface area contributed by atoms with Crippen LogP contribution in [-0.4, -0.2) is 25.9 Å². The normalized spacial score (nSPS) is 11.3. The lowest BCUT2D eigenvalue weighted by Gasteiger charge is -2.07. The van der Waals surface area contributed by atoms with Gasteiger partial charge in [0.05, 0.1) is 0 Å². The van der Waals surface area contributed by atoms with Crippen molar-refractivity contribution in [3.8, 4) is 5.75 Å². The minimum atomic E-state index is -3.57. The fourth-order valence-corrected chi connectivity index (χ4v) is 2.24. The van der Waals surface area contributed by atoms with E-state index in [4.69, 9.17) is 9.26 Å². The molecular weight excluding hydrogens is 287 g/mol. The first-order valence-electron chi connectivity index (χ1n) is 5.77. The lowest BCUT2D eigenvalue weighted by Crippen LogP contribution is -2.21. The Morgan fingerprint density at radius 2 is 2.05 bits per heavy atom. The van der Waals surface area contributed by atoms with Gasteiger partial charge in [-0.2, -0.15) is 0 Å². The number of hydrogen-bond acceptors (Lipinski definition) is 5. The van der Waals surface area contributed by atoms with E-state index >= 15 is 0 Å². The number of rotatable bonds is 6. The average Bonchev–Trinajstić information content (AvgIpc) is 2.76. The summed E-state index contributed by atoms with van der Waals surface area (Å²) in [6.07, 6.45) is 0. The molecule has 0 bridgehead atoms. The molecule has 0 spiro atoms. The van der Waals surface area contributed by atoms with Crippen LogP contribution in [0, 0.1) is 12.7 Å². The van der Waals surface area contributed by atoms with Gasteiger partial charge in [0.15, 0.2) is 5.82 Å². The Labute approximate surface area is 115 Å². The number of nitrogens with one attached hydrogen (secondary N) is 1. The third kappa shape index (κ3) is 4.23. The molecule has 1 aromatic carbocycles. The molecule has 0 atom stereocenters. The van der Waals surface area contributed by atoms with Crippen molar-refractivity contribution in [3.05, 3.63) is 41.9 Å². The largest absolute Gasteiger partial charge is 0.492 e. The number of benzene rings is 1. The molecule has 1 N–H and O–H groups in total. The fourth-order valence-electron chi connectivity index (χ4n) is 1.42. The molecule has 20 heavy (non-hydrogen) atoms. The second-order valence-corrected chi connectivity index (χ2v) is 5.89. The Morgan fingerprint density at radius 3 is 2.65 bits per heavy atom. The van der Waals surface area contributed by atoms with Gasteiger partial charge in [0.1, 0.15) is 29.7 Å². The van der Waals surface area contributed by atoms with E-state index in [1.54, 1.807) is 6.92 Å². The van der Waals surface area contributed by atoms with Crippen molar-refractivity contribution >= 4 is 15.8 Å². The van der Waals surface area contributed by atoms with Gasteiger partial charge in [-0.15, -0.1) is 0 Å². The highest BCUT2D eigenvalue weighted by Crippen LogP contribution is 2.12. The van der Waals surface area contributed by atoms with E-state index in [0.717, 1.165) is 0 Å². The van der Waals surface area contributed by atoms with Crippen molar-refractivity contribution in [1.29, 1.82) is 0 Å². The van der Waals surface area contributed by atoms with Crippen LogP contribution in [0.5, 0.6) is 5.75 Å². The van der Waals surface area contributed by atoms with Crippen LogP contribution < -0.4 is 9.46 Å². The topological polar surface area (TPSA) is 81.4 Å². The van der Waals surface area contributed by atoms with E-state index in [0.29, 0.717) is 11.5 Å². The van der Waals surface area contributed by atoms with Crippen LogP contribution in [0.15, 0.2) is 34.9 Å². The molecule has 0 saturated carbocycles. The van der Waals surface area contributed by atoms with Gasteiger partial charge in [0, 0.05) is 6.07 Å². The molecule has 0 saturated heterocycles. The minimum Gasteiger partial charge on any atom is -0.492 e. The predicted molar refractivity (Wildman–Crippen MR) is 70.5 cm³/mol. The number of nitrogens with zero attached hydrogens (tertiary/aromatic N) is 1. The summed E-state index contributed by atoms with van der Waals surface area (Å²) >= 11 is 0. The number of aryl methyl sites for hydroxylation is 1. The van der Waals surface area contributed by atoms with Crippen molar-refractivity contribution in [3.63, 3.8) is 0 Å². The molecule has 2 rings (SSSR count). The highest BCUT2D eigenvalue weighted by molar-refractivity contribution is 7.92. The highest BCUT2D eigenvalue weighted by Gasteiger charge is 2.13. The van der Waals surface area contributed by atoms with E-state index in [9.17, 15) is 12.8 Å². The molecular formula is C12H13FN2O4S. The number of aromatic nitrogens is 1. The van der Waals surface area contributed by atoms with Gasteiger partial charge in [-0.3, -0.25) is 4.72 Å². The maximum absolute atomic E-state index is 12.7. The molecule has 0 fully saturated rings. The monoisotopic (exact) mass is 300 g/mol. The number of halogens is 1. The van der Waals surface area contributed by atoms with Gasteiger partial charge in [-0.05, 0) is 31.2 Å². The van der Waals surface area contributed by atoms with E-state index in [1.165, 1.54) is 30.3 Å². The van der Waals surface area contributed by atoms with E-state index < -0.39 is 10.0 Å². The lowest BCUT2D eigenvalue weighted by atomic mass is 10.3. The van der Waals surface area contributed by atoms with Crippen molar-refractivity contribution in [2.75, 3.05) is 17.1 Å². The van der Waals surface area contributed by atoms with Crippen LogP contribution in [-0.2, 0) is 10.0 Å². The number of ether oxygens (including phenoxy) is 1. The first-order chi connectivity index (χ1) is 9.44. The minimum absolute atomic E-state index is 0.0577. The zero-order valence-corrected chi connectivity index (χ0v) is 11.5. The lowest BCUT2D eigenvalue weighted by molar-refractivity contribution is 0.340.